The van der Waals surface area contributed by atoms with E-state index in [0.717, 1.165) is 14.5 Å². The Morgan fingerprint density at radius 3 is 2.25 bits per heavy atom. The topological polar surface area (TPSA) is 0 Å². The first-order chi connectivity index (χ1) is 7.72. The second kappa shape index (κ2) is 5.35. The quantitative estimate of drug-likeness (QED) is 0.610. The summed E-state index contributed by atoms with van der Waals surface area (Å²) in [4.78, 5) is 0. The minimum atomic E-state index is 0.507. The SMILES string of the molecule is ClCc1c(Br)cccc1-c1ccc(Br)cc1. The van der Waals surface area contributed by atoms with Gasteiger partial charge in [0.2, 0.25) is 0 Å². The molecule has 16 heavy (non-hydrogen) atoms. The molecule has 0 N–H and O–H groups in total. The van der Waals surface area contributed by atoms with Gasteiger partial charge in [-0.15, -0.1) is 11.6 Å². The number of benzene rings is 2. The Morgan fingerprint density at radius 1 is 0.938 bits per heavy atom. The lowest BCUT2D eigenvalue weighted by Gasteiger charge is -2.09. The Kier molecular flexibility index (Phi) is 4.06. The maximum absolute atomic E-state index is 5.98. The molecule has 0 unspecified atom stereocenters. The van der Waals surface area contributed by atoms with E-state index in [9.17, 15) is 0 Å². The van der Waals surface area contributed by atoms with E-state index in [0.29, 0.717) is 5.88 Å². The highest BCUT2D eigenvalue weighted by Crippen LogP contribution is 2.31. The van der Waals surface area contributed by atoms with Crippen molar-refractivity contribution in [1.29, 1.82) is 0 Å². The van der Waals surface area contributed by atoms with Crippen LogP contribution in [0.1, 0.15) is 5.56 Å². The summed E-state index contributed by atoms with van der Waals surface area (Å²) in [5, 5.41) is 0. The number of hydrogen-bond acceptors (Lipinski definition) is 0. The van der Waals surface area contributed by atoms with Gasteiger partial charge >= 0.3 is 0 Å². The molecule has 82 valence electrons. The van der Waals surface area contributed by atoms with Gasteiger partial charge in [0.1, 0.15) is 0 Å². The monoisotopic (exact) mass is 358 g/mol. The first-order valence-corrected chi connectivity index (χ1v) is 6.93. The molecular formula is C13H9Br2Cl. The molecule has 3 heteroatoms. The van der Waals surface area contributed by atoms with Gasteiger partial charge in [0, 0.05) is 14.8 Å². The summed E-state index contributed by atoms with van der Waals surface area (Å²) in [6, 6.07) is 14.4. The lowest BCUT2D eigenvalue weighted by Crippen LogP contribution is -1.87. The van der Waals surface area contributed by atoms with Crippen molar-refractivity contribution in [3.05, 3.63) is 57.0 Å². The third kappa shape index (κ3) is 2.50. The standard InChI is InChI=1S/C13H9Br2Cl/c14-10-6-4-9(5-7-10)11-2-1-3-13(15)12(11)8-16/h1-7H,8H2. The van der Waals surface area contributed by atoms with Gasteiger partial charge in [-0.05, 0) is 34.9 Å². The molecule has 2 rings (SSSR count). The van der Waals surface area contributed by atoms with Crippen LogP contribution in [-0.2, 0) is 5.88 Å². The normalized spacial score (nSPS) is 10.4. The first-order valence-electron chi connectivity index (χ1n) is 4.81. The van der Waals surface area contributed by atoms with Crippen LogP contribution in [0.15, 0.2) is 51.4 Å². The smallest absolute Gasteiger partial charge is 0.0491 e. The van der Waals surface area contributed by atoms with E-state index in [1.807, 2.05) is 24.3 Å². The molecule has 0 saturated carbocycles. The Hall–Kier alpha value is -0.310. The van der Waals surface area contributed by atoms with Crippen LogP contribution >= 0.6 is 43.5 Å². The Bertz CT molecular complexity index is 492. The van der Waals surface area contributed by atoms with E-state index >= 15 is 0 Å². The van der Waals surface area contributed by atoms with Crippen LogP contribution in [-0.4, -0.2) is 0 Å². The molecule has 0 atom stereocenters. The Morgan fingerprint density at radius 2 is 1.62 bits per heavy atom. The highest BCUT2D eigenvalue weighted by Gasteiger charge is 2.07. The largest absolute Gasteiger partial charge is 0.121 e. The van der Waals surface area contributed by atoms with Crippen LogP contribution in [0.2, 0.25) is 0 Å². The van der Waals surface area contributed by atoms with Gasteiger partial charge < -0.3 is 0 Å². The summed E-state index contributed by atoms with van der Waals surface area (Å²) in [6.45, 7) is 0. The molecule has 2 aromatic carbocycles. The lowest BCUT2D eigenvalue weighted by atomic mass is 10.0. The maximum Gasteiger partial charge on any atom is 0.0491 e. The van der Waals surface area contributed by atoms with Crippen LogP contribution in [0.5, 0.6) is 0 Å². The van der Waals surface area contributed by atoms with Crippen LogP contribution in [0.4, 0.5) is 0 Å². The van der Waals surface area contributed by atoms with Gasteiger partial charge in [-0.3, -0.25) is 0 Å². The number of halogens is 3. The molecule has 0 nitrogen and oxygen atoms in total. The summed E-state index contributed by atoms with van der Waals surface area (Å²) in [5.74, 6) is 0.507. The van der Waals surface area contributed by atoms with Crippen LogP contribution < -0.4 is 0 Å². The summed E-state index contributed by atoms with van der Waals surface area (Å²) >= 11 is 12.9. The van der Waals surface area contributed by atoms with Crippen molar-refractivity contribution < 1.29 is 0 Å². The van der Waals surface area contributed by atoms with Crippen molar-refractivity contribution in [2.75, 3.05) is 0 Å². The minimum absolute atomic E-state index is 0.507. The highest BCUT2D eigenvalue weighted by atomic mass is 79.9. The zero-order chi connectivity index (χ0) is 11.5. The molecule has 0 heterocycles. The lowest BCUT2D eigenvalue weighted by molar-refractivity contribution is 1.36. The molecule has 0 fully saturated rings. The van der Waals surface area contributed by atoms with Gasteiger partial charge in [0.05, 0.1) is 0 Å². The van der Waals surface area contributed by atoms with Gasteiger partial charge in [-0.2, -0.15) is 0 Å². The van der Waals surface area contributed by atoms with E-state index in [-0.39, 0.29) is 0 Å². The second-order valence-electron chi connectivity index (χ2n) is 3.41. The van der Waals surface area contributed by atoms with Crippen molar-refractivity contribution >= 4 is 43.5 Å². The number of rotatable bonds is 2. The average molecular weight is 360 g/mol. The minimum Gasteiger partial charge on any atom is -0.121 e. The van der Waals surface area contributed by atoms with E-state index < -0.39 is 0 Å². The van der Waals surface area contributed by atoms with E-state index in [1.54, 1.807) is 0 Å². The van der Waals surface area contributed by atoms with Crippen molar-refractivity contribution in [2.24, 2.45) is 0 Å². The summed E-state index contributed by atoms with van der Waals surface area (Å²) in [6.07, 6.45) is 0. The molecule has 0 saturated heterocycles. The average Bonchev–Trinajstić information content (AvgIpc) is 2.30. The van der Waals surface area contributed by atoms with Crippen LogP contribution in [0.25, 0.3) is 11.1 Å². The molecule has 0 amide bonds. The van der Waals surface area contributed by atoms with Crippen LogP contribution in [0.3, 0.4) is 0 Å². The Balaban J connectivity index is 2.55. The fraction of sp³-hybridized carbons (Fsp3) is 0.0769. The van der Waals surface area contributed by atoms with E-state index in [4.69, 9.17) is 11.6 Å². The summed E-state index contributed by atoms with van der Waals surface area (Å²) < 4.78 is 2.14. The summed E-state index contributed by atoms with van der Waals surface area (Å²) in [5.41, 5.74) is 3.49. The van der Waals surface area contributed by atoms with Crippen molar-refractivity contribution in [2.45, 2.75) is 5.88 Å². The van der Waals surface area contributed by atoms with Gasteiger partial charge in [-0.25, -0.2) is 0 Å². The molecule has 0 aromatic heterocycles. The van der Waals surface area contributed by atoms with Gasteiger partial charge in [0.15, 0.2) is 0 Å². The molecule has 0 aliphatic rings. The fourth-order valence-electron chi connectivity index (χ4n) is 1.59. The van der Waals surface area contributed by atoms with E-state index in [2.05, 4.69) is 50.1 Å². The first kappa shape index (κ1) is 12.2. The predicted octanol–water partition coefficient (Wildman–Crippen LogP) is 5.62. The van der Waals surface area contributed by atoms with Gasteiger partial charge in [-0.1, -0.05) is 56.1 Å². The van der Waals surface area contributed by atoms with E-state index in [1.165, 1.54) is 11.1 Å². The van der Waals surface area contributed by atoms with Crippen LogP contribution in [0, 0.1) is 0 Å². The third-order valence-corrected chi connectivity index (χ3v) is 3.95. The Labute approximate surface area is 117 Å². The molecule has 0 aliphatic heterocycles. The zero-order valence-corrected chi connectivity index (χ0v) is 12.3. The van der Waals surface area contributed by atoms with Gasteiger partial charge in [0.25, 0.3) is 0 Å². The van der Waals surface area contributed by atoms with Crippen molar-refractivity contribution in [1.82, 2.24) is 0 Å². The molecule has 2 aromatic rings. The fourth-order valence-corrected chi connectivity index (χ4v) is 2.81. The summed E-state index contributed by atoms with van der Waals surface area (Å²) in [7, 11) is 0. The molecule has 0 radical (unpaired) electrons. The number of alkyl halides is 1. The zero-order valence-electron chi connectivity index (χ0n) is 8.38. The van der Waals surface area contributed by atoms with Crippen molar-refractivity contribution in [3.63, 3.8) is 0 Å². The maximum atomic E-state index is 5.98. The molecule has 0 aliphatic carbocycles. The molecule has 0 spiro atoms. The second-order valence-corrected chi connectivity index (χ2v) is 5.44. The predicted molar refractivity (Wildman–Crippen MR) is 76.8 cm³/mol. The van der Waals surface area contributed by atoms with Crippen molar-refractivity contribution in [3.8, 4) is 11.1 Å². The highest BCUT2D eigenvalue weighted by molar-refractivity contribution is 9.10. The molecule has 0 bridgehead atoms. The molecular weight excluding hydrogens is 351 g/mol. The third-order valence-electron chi connectivity index (χ3n) is 2.41. The number of hydrogen-bond donors (Lipinski definition) is 0.